The number of hydrogen-bond acceptors (Lipinski definition) is 4. The Morgan fingerprint density at radius 2 is 2.38 bits per heavy atom. The first-order valence-electron chi connectivity index (χ1n) is 7.74. The molecule has 1 saturated heterocycles. The Kier molecular flexibility index (Phi) is 4.41. The summed E-state index contributed by atoms with van der Waals surface area (Å²) < 4.78 is 10.8. The minimum atomic E-state index is -0.401. The molecule has 21 heavy (non-hydrogen) atoms. The third-order valence-corrected chi connectivity index (χ3v) is 4.10. The largest absolute Gasteiger partial charge is 0.417 e. The molecule has 0 saturated carbocycles. The number of oxazole rings is 1. The van der Waals surface area contributed by atoms with Crippen molar-refractivity contribution in [3.05, 3.63) is 34.3 Å². The number of ether oxygens (including phenoxy) is 1. The summed E-state index contributed by atoms with van der Waals surface area (Å²) in [6, 6.07) is 6.18. The van der Waals surface area contributed by atoms with Gasteiger partial charge in [0, 0.05) is 12.6 Å². The molecule has 1 fully saturated rings. The number of hydrogen-bond donors (Lipinski definition) is 2. The van der Waals surface area contributed by atoms with Gasteiger partial charge in [-0.25, -0.2) is 4.79 Å². The van der Waals surface area contributed by atoms with E-state index >= 15 is 0 Å². The summed E-state index contributed by atoms with van der Waals surface area (Å²) in [6.45, 7) is 3.91. The van der Waals surface area contributed by atoms with E-state index in [1.807, 2.05) is 12.1 Å². The second-order valence-corrected chi connectivity index (χ2v) is 5.59. The van der Waals surface area contributed by atoms with Crippen molar-refractivity contribution in [2.75, 3.05) is 13.2 Å². The van der Waals surface area contributed by atoms with Crippen molar-refractivity contribution >= 4 is 11.1 Å². The van der Waals surface area contributed by atoms with Crippen LogP contribution in [0.4, 0.5) is 0 Å². The molecule has 0 amide bonds. The fourth-order valence-electron chi connectivity index (χ4n) is 3.04. The molecule has 0 aliphatic carbocycles. The Bertz CT molecular complexity index is 640. The normalized spacial score (nSPS) is 20.1. The van der Waals surface area contributed by atoms with Crippen LogP contribution in [0, 0.1) is 0 Å². The number of benzene rings is 1. The number of nitrogens with one attached hydrogen (secondary N) is 2. The third-order valence-electron chi connectivity index (χ3n) is 4.10. The van der Waals surface area contributed by atoms with E-state index in [1.165, 1.54) is 12.8 Å². The highest BCUT2D eigenvalue weighted by atomic mass is 16.5. The summed E-state index contributed by atoms with van der Waals surface area (Å²) in [5.74, 6) is -0.401. The summed E-state index contributed by atoms with van der Waals surface area (Å²) >= 11 is 0. The Morgan fingerprint density at radius 1 is 1.48 bits per heavy atom. The minimum Gasteiger partial charge on any atom is -0.408 e. The molecule has 5 heteroatoms. The first-order valence-corrected chi connectivity index (χ1v) is 7.74. The van der Waals surface area contributed by atoms with Gasteiger partial charge in [-0.2, -0.15) is 0 Å². The highest BCUT2D eigenvalue weighted by Gasteiger charge is 2.19. The zero-order chi connectivity index (χ0) is 14.7. The third kappa shape index (κ3) is 3.36. The zero-order valence-corrected chi connectivity index (χ0v) is 12.4. The van der Waals surface area contributed by atoms with Crippen LogP contribution >= 0.6 is 0 Å². The van der Waals surface area contributed by atoms with Gasteiger partial charge in [0.15, 0.2) is 5.58 Å². The Morgan fingerprint density at radius 3 is 3.14 bits per heavy atom. The van der Waals surface area contributed by atoms with Crippen LogP contribution in [0.5, 0.6) is 0 Å². The van der Waals surface area contributed by atoms with Gasteiger partial charge < -0.3 is 14.5 Å². The van der Waals surface area contributed by atoms with Gasteiger partial charge in [0.05, 0.1) is 11.6 Å². The van der Waals surface area contributed by atoms with Crippen LogP contribution in [-0.4, -0.2) is 24.2 Å². The molecular weight excluding hydrogens is 268 g/mol. The number of aromatic nitrogens is 1. The van der Waals surface area contributed by atoms with Gasteiger partial charge in [-0.15, -0.1) is 0 Å². The van der Waals surface area contributed by atoms with Gasteiger partial charge in [-0.1, -0.05) is 13.0 Å². The van der Waals surface area contributed by atoms with Crippen LogP contribution in [0.1, 0.15) is 44.2 Å². The predicted molar refractivity (Wildman–Crippen MR) is 81.5 cm³/mol. The molecule has 114 valence electrons. The summed E-state index contributed by atoms with van der Waals surface area (Å²) in [4.78, 5) is 13.9. The second kappa shape index (κ2) is 6.45. The maximum Gasteiger partial charge on any atom is 0.417 e. The number of aromatic amines is 1. The summed E-state index contributed by atoms with van der Waals surface area (Å²) in [6.07, 6.45) is 4.84. The highest BCUT2D eigenvalue weighted by Crippen LogP contribution is 2.25. The summed E-state index contributed by atoms with van der Waals surface area (Å²) in [5, 5.41) is 3.51. The highest BCUT2D eigenvalue weighted by molar-refractivity contribution is 5.72. The van der Waals surface area contributed by atoms with E-state index in [0.29, 0.717) is 11.7 Å². The molecule has 1 aliphatic heterocycles. The van der Waals surface area contributed by atoms with Crippen LogP contribution in [0.3, 0.4) is 0 Å². The lowest BCUT2D eigenvalue weighted by Crippen LogP contribution is -2.22. The lowest BCUT2D eigenvalue weighted by Gasteiger charge is -2.20. The molecule has 2 atom stereocenters. The molecule has 2 unspecified atom stereocenters. The monoisotopic (exact) mass is 290 g/mol. The van der Waals surface area contributed by atoms with E-state index in [4.69, 9.17) is 9.15 Å². The maximum absolute atomic E-state index is 11.2. The van der Waals surface area contributed by atoms with Crippen LogP contribution in [-0.2, 0) is 4.74 Å². The van der Waals surface area contributed by atoms with E-state index in [-0.39, 0.29) is 6.04 Å². The van der Waals surface area contributed by atoms with Gasteiger partial charge in [-0.05, 0) is 49.9 Å². The van der Waals surface area contributed by atoms with E-state index in [0.717, 1.165) is 37.1 Å². The summed E-state index contributed by atoms with van der Waals surface area (Å²) in [5.41, 5.74) is 2.53. The van der Waals surface area contributed by atoms with Crippen molar-refractivity contribution in [3.63, 3.8) is 0 Å². The Balaban J connectivity index is 1.75. The quantitative estimate of drug-likeness (QED) is 0.858. The molecule has 0 bridgehead atoms. The van der Waals surface area contributed by atoms with E-state index < -0.39 is 5.76 Å². The molecule has 2 N–H and O–H groups in total. The molecule has 2 aromatic rings. The van der Waals surface area contributed by atoms with Crippen LogP contribution in [0.15, 0.2) is 27.4 Å². The lowest BCUT2D eigenvalue weighted by molar-refractivity contribution is 0.0996. The molecule has 1 aromatic carbocycles. The molecule has 1 aromatic heterocycles. The first-order chi connectivity index (χ1) is 10.3. The standard InChI is InChI=1S/C16H22N2O3/c1-2-17-13(8-6-12-4-3-9-20-12)11-5-7-14-15(10-11)21-16(19)18-14/h5,7,10,12-13,17H,2-4,6,8-9H2,1H3,(H,18,19). The first kappa shape index (κ1) is 14.4. The van der Waals surface area contributed by atoms with Crippen molar-refractivity contribution < 1.29 is 9.15 Å². The van der Waals surface area contributed by atoms with E-state index in [1.54, 1.807) is 0 Å². The fraction of sp³-hybridized carbons (Fsp3) is 0.562. The SMILES string of the molecule is CCNC(CCC1CCCO1)c1ccc2[nH]c(=O)oc2c1. The zero-order valence-electron chi connectivity index (χ0n) is 12.4. The molecule has 2 heterocycles. The molecule has 0 radical (unpaired) electrons. The topological polar surface area (TPSA) is 67.3 Å². The van der Waals surface area contributed by atoms with Crippen LogP contribution in [0.2, 0.25) is 0 Å². The van der Waals surface area contributed by atoms with Gasteiger partial charge >= 0.3 is 5.76 Å². The molecule has 1 aliphatic rings. The average molecular weight is 290 g/mol. The van der Waals surface area contributed by atoms with Crippen molar-refractivity contribution in [3.8, 4) is 0 Å². The van der Waals surface area contributed by atoms with Crippen molar-refractivity contribution in [1.82, 2.24) is 10.3 Å². The molecule has 0 spiro atoms. The lowest BCUT2D eigenvalue weighted by atomic mass is 9.99. The summed E-state index contributed by atoms with van der Waals surface area (Å²) in [7, 11) is 0. The van der Waals surface area contributed by atoms with Gasteiger partial charge in [0.25, 0.3) is 0 Å². The Labute approximate surface area is 123 Å². The van der Waals surface area contributed by atoms with E-state index in [9.17, 15) is 4.79 Å². The van der Waals surface area contributed by atoms with Crippen molar-refractivity contribution in [2.45, 2.75) is 44.8 Å². The predicted octanol–water partition coefficient (Wildman–Crippen LogP) is 2.73. The Hall–Kier alpha value is -1.59. The molecule has 3 rings (SSSR count). The van der Waals surface area contributed by atoms with Gasteiger partial charge in [0.1, 0.15) is 0 Å². The van der Waals surface area contributed by atoms with Gasteiger partial charge in [-0.3, -0.25) is 4.98 Å². The fourth-order valence-corrected chi connectivity index (χ4v) is 3.04. The van der Waals surface area contributed by atoms with Crippen molar-refractivity contribution in [2.24, 2.45) is 0 Å². The van der Waals surface area contributed by atoms with Crippen LogP contribution in [0.25, 0.3) is 11.1 Å². The smallest absolute Gasteiger partial charge is 0.408 e. The maximum atomic E-state index is 11.2. The van der Waals surface area contributed by atoms with Crippen LogP contribution < -0.4 is 11.1 Å². The molecular formula is C16H22N2O3. The molecule has 5 nitrogen and oxygen atoms in total. The van der Waals surface area contributed by atoms with Crippen molar-refractivity contribution in [1.29, 1.82) is 0 Å². The minimum absolute atomic E-state index is 0.267. The van der Waals surface area contributed by atoms with Gasteiger partial charge in [0.2, 0.25) is 0 Å². The number of H-pyrrole nitrogens is 1. The number of rotatable bonds is 6. The average Bonchev–Trinajstić information content (AvgIpc) is 3.10. The number of fused-ring (bicyclic) bond motifs is 1. The second-order valence-electron chi connectivity index (χ2n) is 5.59. The van der Waals surface area contributed by atoms with E-state index in [2.05, 4.69) is 23.3 Å².